The van der Waals surface area contributed by atoms with Gasteiger partial charge in [-0.3, -0.25) is 9.59 Å². The first kappa shape index (κ1) is 13.9. The maximum absolute atomic E-state index is 11.4. The Morgan fingerprint density at radius 2 is 1.67 bits per heavy atom. The van der Waals surface area contributed by atoms with Gasteiger partial charge < -0.3 is 21.3 Å². The molecule has 0 aromatic heterocycles. The second-order valence-electron chi connectivity index (χ2n) is 4.60. The van der Waals surface area contributed by atoms with E-state index >= 15 is 0 Å². The van der Waals surface area contributed by atoms with Gasteiger partial charge in [0.2, 0.25) is 0 Å². The Bertz CT molecular complexity index is 268. The van der Waals surface area contributed by atoms with Crippen molar-refractivity contribution in [3.8, 4) is 0 Å². The third-order valence-corrected chi connectivity index (χ3v) is 1.77. The third kappa shape index (κ3) is 3.85. The molecule has 0 aliphatic heterocycles. The van der Waals surface area contributed by atoms with Gasteiger partial charge in [-0.1, -0.05) is 0 Å². The molecule has 0 bridgehead atoms. The van der Waals surface area contributed by atoms with Crippen LogP contribution in [0.3, 0.4) is 0 Å². The second-order valence-corrected chi connectivity index (χ2v) is 4.60. The zero-order chi connectivity index (χ0) is 12.4. The summed E-state index contributed by atoms with van der Waals surface area (Å²) in [5, 5.41) is 8.75. The van der Waals surface area contributed by atoms with Gasteiger partial charge in [0.05, 0.1) is 0 Å². The average Bonchev–Trinajstić information content (AvgIpc) is 1.99. The van der Waals surface area contributed by atoms with Crippen molar-refractivity contribution in [3.63, 3.8) is 0 Å². The molecule has 2 atom stereocenters. The van der Waals surface area contributed by atoms with Gasteiger partial charge in [-0.15, -0.1) is 0 Å². The Balaban J connectivity index is 4.66. The van der Waals surface area contributed by atoms with Gasteiger partial charge in [0.25, 0.3) is 0 Å². The van der Waals surface area contributed by atoms with E-state index in [2.05, 4.69) is 0 Å². The first-order chi connectivity index (χ1) is 6.48. The lowest BCUT2D eigenvalue weighted by atomic mass is 9.94. The lowest BCUT2D eigenvalue weighted by Crippen LogP contribution is -2.62. The molecule has 6 heteroatoms. The molecule has 2 unspecified atom stereocenters. The molecule has 0 aromatic carbocycles. The van der Waals surface area contributed by atoms with Crippen molar-refractivity contribution >= 4 is 11.9 Å². The number of aliphatic carboxylic acids is 1. The predicted octanol–water partition coefficient (Wildman–Crippen LogP) is -0.543. The zero-order valence-corrected chi connectivity index (χ0v) is 9.40. The molecule has 0 heterocycles. The molecule has 88 valence electrons. The summed E-state index contributed by atoms with van der Waals surface area (Å²) in [5.41, 5.74) is 8.27. The fraction of sp³-hybridized carbons (Fsp3) is 0.778. The number of carboxylic acids is 1. The monoisotopic (exact) mass is 218 g/mol. The first-order valence-electron chi connectivity index (χ1n) is 4.49. The zero-order valence-electron chi connectivity index (χ0n) is 9.40. The minimum Gasteiger partial charge on any atom is -0.480 e. The lowest BCUT2D eigenvalue weighted by molar-refractivity contribution is -0.162. The van der Waals surface area contributed by atoms with E-state index in [0.29, 0.717) is 0 Å². The summed E-state index contributed by atoms with van der Waals surface area (Å²) in [6.07, 6.45) is 0. The van der Waals surface area contributed by atoms with E-state index in [1.165, 1.54) is 6.92 Å². The molecule has 0 spiro atoms. The van der Waals surface area contributed by atoms with Crippen molar-refractivity contribution in [1.29, 1.82) is 0 Å². The minimum absolute atomic E-state index is 0.719. The highest BCUT2D eigenvalue weighted by Crippen LogP contribution is 2.12. The van der Waals surface area contributed by atoms with E-state index < -0.39 is 29.1 Å². The number of nitrogens with two attached hydrogens (primary N) is 2. The van der Waals surface area contributed by atoms with Crippen molar-refractivity contribution in [3.05, 3.63) is 0 Å². The van der Waals surface area contributed by atoms with Crippen LogP contribution in [0.2, 0.25) is 0 Å². The van der Waals surface area contributed by atoms with Crippen LogP contribution in [0.4, 0.5) is 0 Å². The van der Waals surface area contributed by atoms with Crippen LogP contribution in [0, 0.1) is 0 Å². The van der Waals surface area contributed by atoms with E-state index in [4.69, 9.17) is 21.3 Å². The van der Waals surface area contributed by atoms with Crippen LogP contribution in [0.1, 0.15) is 27.7 Å². The predicted molar refractivity (Wildman–Crippen MR) is 54.0 cm³/mol. The first-order valence-corrected chi connectivity index (χ1v) is 4.49. The molecule has 15 heavy (non-hydrogen) atoms. The van der Waals surface area contributed by atoms with Gasteiger partial charge >= 0.3 is 11.9 Å². The van der Waals surface area contributed by atoms with E-state index in [9.17, 15) is 9.59 Å². The second kappa shape index (κ2) is 4.16. The van der Waals surface area contributed by atoms with Crippen LogP contribution in [0.15, 0.2) is 0 Å². The number of esters is 1. The maximum atomic E-state index is 11.4. The van der Waals surface area contributed by atoms with Gasteiger partial charge in [0.1, 0.15) is 17.2 Å². The molecule has 0 fully saturated rings. The number of carbonyl (C=O) groups is 2. The maximum Gasteiger partial charge on any atom is 0.325 e. The third-order valence-electron chi connectivity index (χ3n) is 1.77. The molecule has 0 aliphatic rings. The summed E-state index contributed by atoms with van der Waals surface area (Å²) in [7, 11) is 0. The van der Waals surface area contributed by atoms with Crippen LogP contribution < -0.4 is 11.5 Å². The Hall–Kier alpha value is -1.14. The molecule has 6 nitrogen and oxygen atoms in total. The Morgan fingerprint density at radius 1 is 1.27 bits per heavy atom. The Kier molecular flexibility index (Phi) is 3.84. The quantitative estimate of drug-likeness (QED) is 0.548. The summed E-state index contributed by atoms with van der Waals surface area (Å²) in [6.45, 7) is 6.15. The molecular formula is C9H18N2O4. The van der Waals surface area contributed by atoms with Crippen molar-refractivity contribution in [2.75, 3.05) is 0 Å². The van der Waals surface area contributed by atoms with Crippen LogP contribution in [-0.4, -0.2) is 34.2 Å². The molecule has 5 N–H and O–H groups in total. The topological polar surface area (TPSA) is 116 Å². The fourth-order valence-electron chi connectivity index (χ4n) is 0.743. The van der Waals surface area contributed by atoms with Crippen molar-refractivity contribution in [1.82, 2.24) is 0 Å². The summed E-state index contributed by atoms with van der Waals surface area (Å²) in [5.74, 6) is -2.17. The van der Waals surface area contributed by atoms with Crippen LogP contribution >= 0.6 is 0 Å². The molecule has 0 aromatic rings. The highest BCUT2D eigenvalue weighted by atomic mass is 16.6. The summed E-state index contributed by atoms with van der Waals surface area (Å²) >= 11 is 0. The highest BCUT2D eigenvalue weighted by molar-refractivity contribution is 5.89. The van der Waals surface area contributed by atoms with Gasteiger partial charge in [-0.25, -0.2) is 0 Å². The Morgan fingerprint density at radius 3 is 1.93 bits per heavy atom. The van der Waals surface area contributed by atoms with Crippen LogP contribution in [0.5, 0.6) is 0 Å². The van der Waals surface area contributed by atoms with Crippen molar-refractivity contribution in [2.45, 2.75) is 44.9 Å². The van der Waals surface area contributed by atoms with Crippen LogP contribution in [-0.2, 0) is 14.3 Å². The van der Waals surface area contributed by atoms with E-state index in [-0.39, 0.29) is 0 Å². The smallest absolute Gasteiger partial charge is 0.325 e. The van der Waals surface area contributed by atoms with Gasteiger partial charge in [0.15, 0.2) is 0 Å². The minimum atomic E-state index is -1.83. The van der Waals surface area contributed by atoms with Gasteiger partial charge in [-0.05, 0) is 27.7 Å². The standard InChI is InChI=1S/C9H18N2O4/c1-8(2,3)15-6(12)5(10)9(4,11)7(13)14/h5H,10-11H2,1-4H3,(H,13,14). The normalized spacial score (nSPS) is 17.7. The number of carboxylic acid groups (broad SMARTS) is 1. The molecular weight excluding hydrogens is 200 g/mol. The van der Waals surface area contributed by atoms with E-state index in [1.54, 1.807) is 20.8 Å². The van der Waals surface area contributed by atoms with Gasteiger partial charge in [0, 0.05) is 0 Å². The molecule has 0 radical (unpaired) electrons. The molecule has 0 saturated heterocycles. The van der Waals surface area contributed by atoms with Crippen molar-refractivity contribution < 1.29 is 19.4 Å². The number of rotatable bonds is 3. The Labute approximate surface area is 88.6 Å². The molecule has 0 rings (SSSR count). The number of hydrogen-bond acceptors (Lipinski definition) is 5. The summed E-state index contributed by atoms with van der Waals surface area (Å²) in [6, 6.07) is -1.39. The lowest BCUT2D eigenvalue weighted by Gasteiger charge is -2.28. The summed E-state index contributed by atoms with van der Waals surface area (Å²) in [4.78, 5) is 22.1. The SMILES string of the molecule is CC(C)(C)OC(=O)C(N)C(C)(N)C(=O)O. The largest absolute Gasteiger partial charge is 0.480 e. The molecule has 0 saturated carbocycles. The highest BCUT2D eigenvalue weighted by Gasteiger charge is 2.41. The number of ether oxygens (including phenoxy) is 1. The fourth-order valence-corrected chi connectivity index (χ4v) is 0.743. The van der Waals surface area contributed by atoms with E-state index in [1.807, 2.05) is 0 Å². The molecule has 0 aliphatic carbocycles. The summed E-state index contributed by atoms with van der Waals surface area (Å²) < 4.78 is 4.93. The molecule has 0 amide bonds. The average molecular weight is 218 g/mol. The number of hydrogen-bond donors (Lipinski definition) is 3. The van der Waals surface area contributed by atoms with Crippen LogP contribution in [0.25, 0.3) is 0 Å². The van der Waals surface area contributed by atoms with Crippen molar-refractivity contribution in [2.24, 2.45) is 11.5 Å². The van der Waals surface area contributed by atoms with E-state index in [0.717, 1.165) is 0 Å². The van der Waals surface area contributed by atoms with Gasteiger partial charge in [-0.2, -0.15) is 0 Å². The number of carbonyl (C=O) groups excluding carboxylic acids is 1.